The smallest absolute Gasteiger partial charge is 0.308 e. The van der Waals surface area contributed by atoms with E-state index in [-0.39, 0.29) is 11.3 Å². The van der Waals surface area contributed by atoms with Gasteiger partial charge in [-0.2, -0.15) is 0 Å². The van der Waals surface area contributed by atoms with Crippen molar-refractivity contribution < 1.29 is 9.53 Å². The molecule has 0 saturated carbocycles. The largest absolute Gasteiger partial charge is 0.421 e. The number of hydrogen-bond acceptors (Lipinski definition) is 3. The Hall–Kier alpha value is -2.36. The first-order valence-corrected chi connectivity index (χ1v) is 6.94. The summed E-state index contributed by atoms with van der Waals surface area (Å²) < 4.78 is 6.43. The fourth-order valence-corrected chi connectivity index (χ4v) is 2.08. The molecule has 0 saturated heterocycles. The van der Waals surface area contributed by atoms with Crippen LogP contribution in [0.25, 0.3) is 0 Å². The van der Waals surface area contributed by atoms with Crippen LogP contribution in [0.3, 0.4) is 0 Å². The third kappa shape index (κ3) is 3.81. The van der Waals surface area contributed by atoms with Crippen LogP contribution in [0.1, 0.15) is 37.8 Å². The van der Waals surface area contributed by atoms with Crippen LogP contribution in [-0.4, -0.2) is 10.5 Å². The summed E-state index contributed by atoms with van der Waals surface area (Å²) in [6.45, 7) is 6.01. The van der Waals surface area contributed by atoms with Crippen LogP contribution in [0.2, 0.25) is 0 Å². The zero-order chi connectivity index (χ0) is 15.4. The summed E-state index contributed by atoms with van der Waals surface area (Å²) in [6.07, 6.45) is 1.69. The first-order chi connectivity index (χ1) is 9.97. The van der Waals surface area contributed by atoms with Crippen LogP contribution in [0.4, 0.5) is 0 Å². The average Bonchev–Trinajstić information content (AvgIpc) is 2.43. The number of esters is 1. The standard InChI is InChI=1S/C17H19NO3/c1-12(2)15-8-6-14(7-9-15)11-18-10-4-5-16(17(18)20)21-13(3)19/h4-10,12H,11H2,1-3H3. The number of pyridine rings is 1. The van der Waals surface area contributed by atoms with Crippen molar-refractivity contribution in [1.29, 1.82) is 0 Å². The SMILES string of the molecule is CC(=O)Oc1cccn(Cc2ccc(C(C)C)cc2)c1=O. The third-order valence-electron chi connectivity index (χ3n) is 3.24. The van der Waals surface area contributed by atoms with Crippen LogP contribution in [0.15, 0.2) is 47.4 Å². The molecule has 0 spiro atoms. The van der Waals surface area contributed by atoms with Gasteiger partial charge in [0.1, 0.15) is 0 Å². The molecule has 0 radical (unpaired) electrons. The van der Waals surface area contributed by atoms with Crippen LogP contribution in [0.5, 0.6) is 5.75 Å². The second kappa shape index (κ2) is 6.39. The van der Waals surface area contributed by atoms with Crippen LogP contribution in [-0.2, 0) is 11.3 Å². The summed E-state index contributed by atoms with van der Waals surface area (Å²) in [4.78, 5) is 23.1. The highest BCUT2D eigenvalue weighted by atomic mass is 16.5. The molecule has 0 atom stereocenters. The van der Waals surface area contributed by atoms with E-state index in [9.17, 15) is 9.59 Å². The maximum Gasteiger partial charge on any atom is 0.308 e. The van der Waals surface area contributed by atoms with Gasteiger partial charge in [0.2, 0.25) is 0 Å². The maximum absolute atomic E-state index is 12.2. The first kappa shape index (κ1) is 15.0. The second-order valence-corrected chi connectivity index (χ2v) is 5.30. The molecule has 4 nitrogen and oxygen atoms in total. The summed E-state index contributed by atoms with van der Waals surface area (Å²) in [6, 6.07) is 11.4. The molecule has 21 heavy (non-hydrogen) atoms. The highest BCUT2D eigenvalue weighted by Gasteiger charge is 2.07. The Morgan fingerprint density at radius 2 is 1.86 bits per heavy atom. The zero-order valence-electron chi connectivity index (χ0n) is 12.5. The van der Waals surface area contributed by atoms with Crippen molar-refractivity contribution in [2.75, 3.05) is 0 Å². The topological polar surface area (TPSA) is 48.3 Å². The number of aromatic nitrogens is 1. The third-order valence-corrected chi connectivity index (χ3v) is 3.24. The van der Waals surface area contributed by atoms with E-state index in [4.69, 9.17) is 4.74 Å². The Balaban J connectivity index is 2.23. The molecular formula is C17H19NO3. The lowest BCUT2D eigenvalue weighted by Gasteiger charge is -2.10. The van der Waals surface area contributed by atoms with Crippen LogP contribution < -0.4 is 10.3 Å². The molecule has 1 aromatic carbocycles. The number of nitrogens with zero attached hydrogens (tertiary/aromatic N) is 1. The number of carbonyl (C=O) groups is 1. The molecule has 0 aliphatic rings. The van der Waals surface area contributed by atoms with Crippen molar-refractivity contribution in [1.82, 2.24) is 4.57 Å². The Bertz CT molecular complexity index is 684. The molecule has 0 unspecified atom stereocenters. The van der Waals surface area contributed by atoms with Crippen molar-refractivity contribution in [2.24, 2.45) is 0 Å². The number of carbonyl (C=O) groups excluding carboxylic acids is 1. The predicted octanol–water partition coefficient (Wildman–Crippen LogP) is 2.95. The van der Waals surface area contributed by atoms with Crippen molar-refractivity contribution >= 4 is 5.97 Å². The highest BCUT2D eigenvalue weighted by molar-refractivity contribution is 5.69. The number of rotatable bonds is 4. The molecule has 2 aromatic rings. The Morgan fingerprint density at radius 1 is 1.19 bits per heavy atom. The van der Waals surface area contributed by atoms with E-state index in [1.54, 1.807) is 12.3 Å². The normalized spacial score (nSPS) is 10.7. The van der Waals surface area contributed by atoms with E-state index < -0.39 is 5.97 Å². The van der Waals surface area contributed by atoms with Gasteiger partial charge in [-0.25, -0.2) is 0 Å². The number of benzene rings is 1. The van der Waals surface area contributed by atoms with Gasteiger partial charge in [0.05, 0.1) is 6.54 Å². The minimum Gasteiger partial charge on any atom is -0.421 e. The van der Waals surface area contributed by atoms with Gasteiger partial charge in [-0.15, -0.1) is 0 Å². The van der Waals surface area contributed by atoms with Crippen molar-refractivity contribution in [2.45, 2.75) is 33.2 Å². The number of ether oxygens (including phenoxy) is 1. The van der Waals surface area contributed by atoms with Crippen molar-refractivity contribution in [3.63, 3.8) is 0 Å². The van der Waals surface area contributed by atoms with Gasteiger partial charge in [0, 0.05) is 13.1 Å². The zero-order valence-corrected chi connectivity index (χ0v) is 12.5. The molecule has 0 amide bonds. The summed E-state index contributed by atoms with van der Waals surface area (Å²) in [5.41, 5.74) is 1.99. The minimum absolute atomic E-state index is 0.0591. The molecule has 0 bridgehead atoms. The molecule has 0 N–H and O–H groups in total. The Morgan fingerprint density at radius 3 is 2.43 bits per heavy atom. The molecule has 2 rings (SSSR count). The summed E-state index contributed by atoms with van der Waals surface area (Å²) >= 11 is 0. The van der Waals surface area contributed by atoms with E-state index in [1.165, 1.54) is 23.1 Å². The summed E-state index contributed by atoms with van der Waals surface area (Å²) in [5.74, 6) is 0.0454. The minimum atomic E-state index is -0.494. The highest BCUT2D eigenvalue weighted by Crippen LogP contribution is 2.15. The molecule has 1 heterocycles. The van der Waals surface area contributed by atoms with Gasteiger partial charge in [-0.05, 0) is 29.2 Å². The van der Waals surface area contributed by atoms with Gasteiger partial charge in [-0.3, -0.25) is 9.59 Å². The fourth-order valence-electron chi connectivity index (χ4n) is 2.08. The van der Waals surface area contributed by atoms with Crippen molar-refractivity contribution in [3.8, 4) is 5.75 Å². The Labute approximate surface area is 124 Å². The van der Waals surface area contributed by atoms with Crippen molar-refractivity contribution in [3.05, 3.63) is 64.1 Å². The van der Waals surface area contributed by atoms with Crippen LogP contribution >= 0.6 is 0 Å². The summed E-state index contributed by atoms with van der Waals surface area (Å²) in [7, 11) is 0. The van der Waals surface area contributed by atoms with Gasteiger partial charge in [0.15, 0.2) is 5.75 Å². The molecular weight excluding hydrogens is 266 g/mol. The molecule has 1 aromatic heterocycles. The fraction of sp³-hybridized carbons (Fsp3) is 0.294. The Kier molecular flexibility index (Phi) is 4.58. The molecule has 4 heteroatoms. The predicted molar refractivity (Wildman–Crippen MR) is 81.6 cm³/mol. The van der Waals surface area contributed by atoms with Gasteiger partial charge < -0.3 is 9.30 Å². The van der Waals surface area contributed by atoms with E-state index in [0.29, 0.717) is 12.5 Å². The lowest BCUT2D eigenvalue weighted by atomic mass is 10.0. The molecule has 0 aliphatic heterocycles. The van der Waals surface area contributed by atoms with E-state index in [0.717, 1.165) is 5.56 Å². The second-order valence-electron chi connectivity index (χ2n) is 5.30. The van der Waals surface area contributed by atoms with Gasteiger partial charge >= 0.3 is 5.97 Å². The van der Waals surface area contributed by atoms with Gasteiger partial charge in [-0.1, -0.05) is 38.1 Å². The maximum atomic E-state index is 12.2. The monoisotopic (exact) mass is 285 g/mol. The van der Waals surface area contributed by atoms with E-state index >= 15 is 0 Å². The lowest BCUT2D eigenvalue weighted by Crippen LogP contribution is -2.22. The average molecular weight is 285 g/mol. The van der Waals surface area contributed by atoms with Gasteiger partial charge in [0.25, 0.3) is 5.56 Å². The molecule has 0 aliphatic carbocycles. The number of hydrogen-bond donors (Lipinski definition) is 0. The molecule has 0 fully saturated rings. The first-order valence-electron chi connectivity index (χ1n) is 6.94. The van der Waals surface area contributed by atoms with E-state index in [2.05, 4.69) is 26.0 Å². The van der Waals surface area contributed by atoms with E-state index in [1.807, 2.05) is 12.1 Å². The van der Waals surface area contributed by atoms with Crippen LogP contribution in [0, 0.1) is 0 Å². The lowest BCUT2D eigenvalue weighted by molar-refractivity contribution is -0.132. The quantitative estimate of drug-likeness (QED) is 0.811. The molecule has 110 valence electrons. The summed E-state index contributed by atoms with van der Waals surface area (Å²) in [5, 5.41) is 0.